The van der Waals surface area contributed by atoms with E-state index >= 15 is 0 Å². The zero-order valence-electron chi connectivity index (χ0n) is 66.5. The lowest BCUT2D eigenvalue weighted by Gasteiger charge is -2.44. The van der Waals surface area contributed by atoms with Crippen molar-refractivity contribution in [3.8, 4) is 0 Å². The van der Waals surface area contributed by atoms with Crippen LogP contribution in [0.25, 0.3) is 0 Å². The molecule has 17 atom stereocenters. The van der Waals surface area contributed by atoms with Crippen LogP contribution in [0.15, 0.2) is 0 Å². The van der Waals surface area contributed by atoms with Crippen LogP contribution in [-0.4, -0.2) is 315 Å². The predicted molar refractivity (Wildman–Crippen MR) is 382 cm³/mol. The van der Waals surface area contributed by atoms with Gasteiger partial charge in [0.1, 0.15) is 68.3 Å². The number of esters is 9. The van der Waals surface area contributed by atoms with Gasteiger partial charge in [0.25, 0.3) is 0 Å². The molecular formula is C71H110N8O36. The number of hydrogen-bond donors (Lipinski definition) is 9. The summed E-state index contributed by atoms with van der Waals surface area (Å²) in [5.41, 5.74) is 0. The number of rotatable bonds is 47. The zero-order chi connectivity index (χ0) is 85.4. The predicted octanol–water partition coefficient (Wildman–Crippen LogP) is -4.52. The minimum atomic E-state index is -1.43. The molecule has 3 aliphatic heterocycles. The van der Waals surface area contributed by atoms with Crippen LogP contribution in [0.1, 0.15) is 134 Å². The van der Waals surface area contributed by atoms with E-state index in [9.17, 15) is 86.6 Å². The van der Waals surface area contributed by atoms with E-state index in [1.165, 1.54) is 13.8 Å². The summed E-state index contributed by atoms with van der Waals surface area (Å²) in [6.45, 7) is 9.67. The van der Waals surface area contributed by atoms with E-state index < -0.39 is 243 Å². The van der Waals surface area contributed by atoms with E-state index in [1.807, 2.05) is 0 Å². The van der Waals surface area contributed by atoms with Gasteiger partial charge in [0.05, 0.1) is 65.6 Å². The molecule has 17 unspecified atom stereocenters. The minimum absolute atomic E-state index is 0.101. The smallest absolute Gasteiger partial charge is 0.303 e. The van der Waals surface area contributed by atoms with Gasteiger partial charge in [-0.2, -0.15) is 0 Å². The average Bonchev–Trinajstić information content (AvgIpc) is 0.797. The quantitative estimate of drug-likeness (QED) is 0.0157. The second-order valence-corrected chi connectivity index (χ2v) is 26.8. The van der Waals surface area contributed by atoms with Crippen LogP contribution in [0.2, 0.25) is 0 Å². The Morgan fingerprint density at radius 2 is 0.643 bits per heavy atom. The number of ether oxygens (including phenoxy) is 18. The van der Waals surface area contributed by atoms with Crippen LogP contribution in [0.5, 0.6) is 0 Å². The van der Waals surface area contributed by atoms with Gasteiger partial charge in [-0.15, -0.1) is 0 Å². The molecule has 3 heterocycles. The lowest BCUT2D eigenvalue weighted by Crippen LogP contribution is -2.66. The Hall–Kier alpha value is -9.41. The summed E-state index contributed by atoms with van der Waals surface area (Å²) >= 11 is 0. The first-order chi connectivity index (χ1) is 54.4. The molecule has 8 amide bonds. The minimum Gasteiger partial charge on any atom is -0.463 e. The highest BCUT2D eigenvalue weighted by Crippen LogP contribution is 2.32. The number of hydrogen-bond acceptors (Lipinski definition) is 36. The largest absolute Gasteiger partial charge is 0.463 e. The summed E-state index contributed by atoms with van der Waals surface area (Å²) in [4.78, 5) is 215. The molecule has 4 rings (SSSR count). The maximum Gasteiger partial charge on any atom is 0.303 e. The van der Waals surface area contributed by atoms with Crippen molar-refractivity contribution < 1.29 is 172 Å². The molecule has 0 bridgehead atoms. The molecule has 115 heavy (non-hydrogen) atoms. The van der Waals surface area contributed by atoms with E-state index in [0.29, 0.717) is 25.7 Å². The van der Waals surface area contributed by atoms with Crippen molar-refractivity contribution in [2.45, 2.75) is 245 Å². The third-order valence-electron chi connectivity index (χ3n) is 17.1. The van der Waals surface area contributed by atoms with Crippen LogP contribution in [0, 0.1) is 5.92 Å². The van der Waals surface area contributed by atoms with Crippen LogP contribution in [0.4, 0.5) is 0 Å². The third kappa shape index (κ3) is 37.4. The summed E-state index contributed by atoms with van der Waals surface area (Å²) in [6, 6.07) is -6.59. The van der Waals surface area contributed by atoms with Gasteiger partial charge < -0.3 is 133 Å². The van der Waals surface area contributed by atoms with Crippen LogP contribution >= 0.6 is 0 Å². The summed E-state index contributed by atoms with van der Waals surface area (Å²) in [7, 11) is 0. The molecule has 0 aromatic carbocycles. The molecule has 1 saturated carbocycles. The fourth-order valence-electron chi connectivity index (χ4n) is 12.3. The zero-order valence-corrected chi connectivity index (χ0v) is 66.5. The van der Waals surface area contributed by atoms with Crippen LogP contribution in [0.3, 0.4) is 0 Å². The number of nitrogens with one attached hydrogen (secondary N) is 8. The van der Waals surface area contributed by atoms with Gasteiger partial charge >= 0.3 is 53.7 Å². The molecule has 0 aromatic heterocycles. The highest BCUT2D eigenvalue weighted by Gasteiger charge is 2.54. The van der Waals surface area contributed by atoms with Crippen molar-refractivity contribution in [3.05, 3.63) is 0 Å². The Labute approximate surface area is 662 Å². The second kappa shape index (κ2) is 51.5. The van der Waals surface area contributed by atoms with Crippen LogP contribution < -0.4 is 42.5 Å². The van der Waals surface area contributed by atoms with Gasteiger partial charge in [-0.25, -0.2) is 0 Å². The monoisotopic (exact) mass is 1650 g/mol. The molecule has 44 nitrogen and oxygen atoms in total. The van der Waals surface area contributed by atoms with Gasteiger partial charge in [-0.1, -0.05) is 0 Å². The Balaban J connectivity index is 1.45. The average molecular weight is 1650 g/mol. The summed E-state index contributed by atoms with van der Waals surface area (Å²) in [5.74, 6) is -13.0. The van der Waals surface area contributed by atoms with Crippen molar-refractivity contribution in [2.24, 2.45) is 5.92 Å². The molecule has 1 aliphatic carbocycles. The van der Waals surface area contributed by atoms with Gasteiger partial charge in [0.2, 0.25) is 47.3 Å². The van der Waals surface area contributed by atoms with E-state index in [0.717, 1.165) is 69.2 Å². The SMILES string of the molecule is CC(=O)NC1C(OCCOCCNC(=O)CCC(NC(=O)CCC(NC(=O)[C@H]2CC[C@@H](O)CC2)C(=O)NCCOCCOC2OC(COC(C)=O)C(OC(C)=O)C(OC(C)=O)C2NC(C)=O)C(=O)NCCOCCOC2OC(COC(C)=O)C(OC(C)=O)C(OC(C)=O)C2NC(C)=O)OC(COC(C)=O)C(OC(C)=O)C1OC(C)=O. The maximum atomic E-state index is 14.0. The number of amides is 8. The van der Waals surface area contributed by atoms with Crippen molar-refractivity contribution in [3.63, 3.8) is 0 Å². The van der Waals surface area contributed by atoms with Crippen LogP contribution in [-0.2, 0) is 167 Å². The van der Waals surface area contributed by atoms with Gasteiger partial charge in [0, 0.05) is 121 Å². The highest BCUT2D eigenvalue weighted by atomic mass is 16.7. The highest BCUT2D eigenvalue weighted by molar-refractivity contribution is 5.91. The standard InChI is InChI=1S/C71H110N8O36/c1-36(80)75-57-63(110-45(10)89)60(107-42(7)86)52(33-104-39(4)83)113-69(57)101-30-27-98-24-21-72-55(93)19-17-50(67(96)73-22-25-99-28-31-102-70-58(76-37(2)81)64(111-46(11)90)61(108-43(8)87)53(114-70)34-105-40(5)84)78-56(94)20-18-51(79-66(95)48-13-15-49(92)16-14-48)68(97)74-23-26-100-29-32-103-71-59(77-38(3)82)65(112-47(12)91)62(109-44(9)88)54(115-71)35-106-41(6)85/h48-54,57-65,69-71,92H,13-35H2,1-12H3,(H,72,93)(H,73,96)(H,74,97)(H,75,80)(H,76,81)(H,77,82)(H,78,94)(H,79,95)/t48-,49+,50?,51?,52?,53?,54?,57?,58?,59?,60?,61?,62?,63?,64?,65?,69?,70?,71?. The van der Waals surface area contributed by atoms with Gasteiger partial charge in [-0.3, -0.25) is 81.5 Å². The van der Waals surface area contributed by atoms with Gasteiger partial charge in [0.15, 0.2) is 55.5 Å². The summed E-state index contributed by atoms with van der Waals surface area (Å²) in [6.07, 6.45) is -17.2. The Bertz CT molecular complexity index is 3270. The molecule has 0 spiro atoms. The fourth-order valence-corrected chi connectivity index (χ4v) is 12.3. The van der Waals surface area contributed by atoms with E-state index in [4.69, 9.17) is 85.3 Å². The molecule has 3 saturated heterocycles. The normalized spacial score (nSPS) is 25.5. The van der Waals surface area contributed by atoms with Gasteiger partial charge in [-0.05, 0) is 38.5 Å². The van der Waals surface area contributed by atoms with E-state index in [-0.39, 0.29) is 98.4 Å². The van der Waals surface area contributed by atoms with E-state index in [1.54, 1.807) is 0 Å². The number of aliphatic hydroxyl groups is 1. The first-order valence-electron chi connectivity index (χ1n) is 37.3. The summed E-state index contributed by atoms with van der Waals surface area (Å²) in [5, 5.41) is 31.1. The van der Waals surface area contributed by atoms with Crippen molar-refractivity contribution in [1.82, 2.24) is 42.5 Å². The van der Waals surface area contributed by atoms with Crippen molar-refractivity contribution >= 4 is 101 Å². The Morgan fingerprint density at radius 3 is 0.948 bits per heavy atom. The molecule has 44 heteroatoms. The van der Waals surface area contributed by atoms with E-state index in [2.05, 4.69) is 42.5 Å². The first-order valence-corrected chi connectivity index (χ1v) is 37.3. The Morgan fingerprint density at radius 1 is 0.348 bits per heavy atom. The molecule has 4 fully saturated rings. The Kier molecular flexibility index (Phi) is 43.9. The molecule has 9 N–H and O–H groups in total. The fraction of sp³-hybridized carbons (Fsp3) is 0.761. The topological polar surface area (TPSA) is 573 Å². The lowest BCUT2D eigenvalue weighted by molar-refractivity contribution is -0.279. The molecule has 0 radical (unpaired) electrons. The van der Waals surface area contributed by atoms with Crippen molar-refractivity contribution in [2.75, 3.05) is 98.9 Å². The summed E-state index contributed by atoms with van der Waals surface area (Å²) < 4.78 is 101. The van der Waals surface area contributed by atoms with Crippen molar-refractivity contribution in [1.29, 1.82) is 0 Å². The molecule has 650 valence electrons. The first kappa shape index (κ1) is 98.0. The number of carbonyl (C=O) groups is 17. The lowest BCUT2D eigenvalue weighted by atomic mass is 9.86. The molecule has 0 aromatic rings. The second-order valence-electron chi connectivity index (χ2n) is 26.8. The number of carbonyl (C=O) groups excluding carboxylic acids is 17. The third-order valence-corrected chi connectivity index (χ3v) is 17.1. The maximum absolute atomic E-state index is 14.0. The molecular weight excluding hydrogens is 1540 g/mol. The molecule has 4 aliphatic rings. The number of aliphatic hydroxyl groups excluding tert-OH is 1.